The number of carbonyl (C=O) groups is 2. The van der Waals surface area contributed by atoms with Crippen molar-refractivity contribution in [3.8, 4) is 0 Å². The molecule has 0 heterocycles. The average molecular weight is 589 g/mol. The number of carbonyl (C=O) groups excluding carboxylic acids is 2. The van der Waals surface area contributed by atoms with Crippen molar-refractivity contribution in [2.45, 2.75) is 32.4 Å². The number of hydrogen-bond acceptors (Lipinski definition) is 4. The molecule has 0 aromatic heterocycles. The molecule has 1 N–H and O–H groups in total. The van der Waals surface area contributed by atoms with E-state index < -0.39 is 34.5 Å². The summed E-state index contributed by atoms with van der Waals surface area (Å²) in [7, 11) is -1.48. The lowest BCUT2D eigenvalue weighted by atomic mass is 10.0. The van der Waals surface area contributed by atoms with E-state index in [1.54, 1.807) is 24.3 Å². The summed E-state index contributed by atoms with van der Waals surface area (Å²) in [6.45, 7) is 1.68. The Hall–Kier alpha value is -3.47. The van der Waals surface area contributed by atoms with E-state index >= 15 is 0 Å². The first-order valence-electron chi connectivity index (χ1n) is 12.8. The Balaban J connectivity index is 2.08. The second-order valence-electron chi connectivity index (χ2n) is 9.38. The van der Waals surface area contributed by atoms with Crippen LogP contribution in [0.4, 0.5) is 10.1 Å². The van der Waals surface area contributed by atoms with Gasteiger partial charge in [0, 0.05) is 38.6 Å². The molecular formula is C29H34ClFN4O4S. The number of rotatable bonds is 13. The first kappa shape index (κ1) is 31.1. The van der Waals surface area contributed by atoms with Gasteiger partial charge in [-0.25, -0.2) is 8.70 Å². The molecular weight excluding hydrogens is 555 g/mol. The Morgan fingerprint density at radius 2 is 1.57 bits per heavy atom. The second-order valence-corrected chi connectivity index (χ2v) is 11.9. The summed E-state index contributed by atoms with van der Waals surface area (Å²) in [6, 6.07) is 20.1. The number of halogens is 2. The Morgan fingerprint density at radius 1 is 0.950 bits per heavy atom. The summed E-state index contributed by atoms with van der Waals surface area (Å²) < 4.78 is 42.2. The van der Waals surface area contributed by atoms with Gasteiger partial charge in [0.25, 0.3) is 0 Å². The SMILES string of the molecule is CCCNC(=O)[C@@H](Cc1ccccc1)N(Cc1ccccc1Cl)C(=O)CN(c1ccc(F)cc1)S(=O)(=O)N(C)C. The van der Waals surface area contributed by atoms with Crippen LogP contribution in [0.25, 0.3) is 0 Å². The molecule has 0 radical (unpaired) electrons. The van der Waals surface area contributed by atoms with Gasteiger partial charge >= 0.3 is 10.2 Å². The predicted octanol–water partition coefficient (Wildman–Crippen LogP) is 4.26. The van der Waals surface area contributed by atoms with Crippen LogP contribution in [-0.2, 0) is 32.8 Å². The van der Waals surface area contributed by atoms with E-state index in [-0.39, 0.29) is 24.6 Å². The fraction of sp³-hybridized carbons (Fsp3) is 0.310. The first-order valence-corrected chi connectivity index (χ1v) is 14.6. The highest BCUT2D eigenvalue weighted by molar-refractivity contribution is 7.90. The minimum atomic E-state index is -4.16. The molecule has 0 saturated carbocycles. The van der Waals surface area contributed by atoms with Crippen LogP contribution in [0.1, 0.15) is 24.5 Å². The summed E-state index contributed by atoms with van der Waals surface area (Å²) in [6.07, 6.45) is 0.894. The second kappa shape index (κ2) is 14.2. The fourth-order valence-electron chi connectivity index (χ4n) is 4.05. The molecule has 0 spiro atoms. The summed E-state index contributed by atoms with van der Waals surface area (Å²) >= 11 is 6.44. The number of nitrogens with one attached hydrogen (secondary N) is 1. The molecule has 8 nitrogen and oxygen atoms in total. The van der Waals surface area contributed by atoms with Crippen molar-refractivity contribution < 1.29 is 22.4 Å². The number of amides is 2. The highest BCUT2D eigenvalue weighted by Gasteiger charge is 2.34. The van der Waals surface area contributed by atoms with Gasteiger partial charge in [0.1, 0.15) is 18.4 Å². The summed E-state index contributed by atoms with van der Waals surface area (Å²) in [5, 5.41) is 3.29. The van der Waals surface area contributed by atoms with Gasteiger partial charge in [-0.15, -0.1) is 0 Å². The number of benzene rings is 3. The monoisotopic (exact) mass is 588 g/mol. The van der Waals surface area contributed by atoms with Gasteiger partial charge in [0.2, 0.25) is 11.8 Å². The summed E-state index contributed by atoms with van der Waals surface area (Å²) in [5.41, 5.74) is 1.53. The van der Waals surface area contributed by atoms with Gasteiger partial charge in [0.15, 0.2) is 0 Å². The van der Waals surface area contributed by atoms with Gasteiger partial charge in [-0.3, -0.25) is 9.59 Å². The van der Waals surface area contributed by atoms with Crippen molar-refractivity contribution in [2.24, 2.45) is 0 Å². The standard InChI is InChI=1S/C29H34ClFN4O4S/c1-4-18-32-29(37)27(19-22-10-6-5-7-11-22)34(20-23-12-8-9-13-26(23)30)28(36)21-35(40(38,39)33(2)3)25-16-14-24(31)15-17-25/h5-17,27H,4,18-21H2,1-3H3,(H,32,37)/t27-/m1/s1. The van der Waals surface area contributed by atoms with E-state index in [0.29, 0.717) is 23.6 Å². The third-order valence-electron chi connectivity index (χ3n) is 6.25. The van der Waals surface area contributed by atoms with Crippen molar-refractivity contribution >= 4 is 39.3 Å². The zero-order valence-electron chi connectivity index (χ0n) is 22.8. The highest BCUT2D eigenvalue weighted by atomic mass is 35.5. The molecule has 40 heavy (non-hydrogen) atoms. The minimum absolute atomic E-state index is 0.0329. The number of anilines is 1. The van der Waals surface area contributed by atoms with E-state index in [9.17, 15) is 22.4 Å². The van der Waals surface area contributed by atoms with Crippen LogP contribution in [0.3, 0.4) is 0 Å². The van der Waals surface area contributed by atoms with Crippen molar-refractivity contribution in [3.63, 3.8) is 0 Å². The third-order valence-corrected chi connectivity index (χ3v) is 8.44. The lowest BCUT2D eigenvalue weighted by Gasteiger charge is -2.34. The van der Waals surface area contributed by atoms with Crippen LogP contribution < -0.4 is 9.62 Å². The topological polar surface area (TPSA) is 90.0 Å². The molecule has 11 heteroatoms. The maximum Gasteiger partial charge on any atom is 0.304 e. The maximum atomic E-state index is 14.1. The zero-order chi connectivity index (χ0) is 29.3. The number of nitrogens with zero attached hydrogens (tertiary/aromatic N) is 3. The average Bonchev–Trinajstić information content (AvgIpc) is 2.94. The Kier molecular flexibility index (Phi) is 11.1. The smallest absolute Gasteiger partial charge is 0.304 e. The largest absolute Gasteiger partial charge is 0.354 e. The molecule has 0 aliphatic heterocycles. The fourth-order valence-corrected chi connectivity index (χ4v) is 5.31. The van der Waals surface area contributed by atoms with Crippen LogP contribution in [0.2, 0.25) is 5.02 Å². The van der Waals surface area contributed by atoms with Crippen LogP contribution in [0.15, 0.2) is 78.9 Å². The zero-order valence-corrected chi connectivity index (χ0v) is 24.3. The number of hydrogen-bond donors (Lipinski definition) is 1. The van der Waals surface area contributed by atoms with E-state index in [4.69, 9.17) is 11.6 Å². The molecule has 0 bridgehead atoms. The molecule has 3 aromatic rings. The van der Waals surface area contributed by atoms with Gasteiger partial charge in [0.05, 0.1) is 5.69 Å². The predicted molar refractivity (Wildman–Crippen MR) is 156 cm³/mol. The van der Waals surface area contributed by atoms with Gasteiger partial charge in [-0.1, -0.05) is 67.1 Å². The molecule has 3 rings (SSSR count). The van der Waals surface area contributed by atoms with E-state index in [1.165, 1.54) is 31.1 Å². The molecule has 2 amide bonds. The molecule has 0 saturated heterocycles. The summed E-state index contributed by atoms with van der Waals surface area (Å²) in [4.78, 5) is 29.0. The third kappa shape index (κ3) is 8.03. The van der Waals surface area contributed by atoms with Crippen molar-refractivity contribution in [2.75, 3.05) is 31.5 Å². The van der Waals surface area contributed by atoms with Gasteiger partial charge in [-0.05, 0) is 47.9 Å². The molecule has 0 fully saturated rings. The molecule has 0 aliphatic rings. The maximum absolute atomic E-state index is 14.1. The van der Waals surface area contributed by atoms with Gasteiger partial charge < -0.3 is 10.2 Å². The Morgan fingerprint density at radius 3 is 2.17 bits per heavy atom. The molecule has 0 unspecified atom stereocenters. The highest BCUT2D eigenvalue weighted by Crippen LogP contribution is 2.24. The molecule has 214 valence electrons. The van der Waals surface area contributed by atoms with Crippen molar-refractivity contribution in [3.05, 3.63) is 101 Å². The quantitative estimate of drug-likeness (QED) is 0.323. The Bertz CT molecular complexity index is 1390. The first-order chi connectivity index (χ1) is 19.0. The Labute approximate surface area is 240 Å². The van der Waals surface area contributed by atoms with Crippen molar-refractivity contribution in [1.82, 2.24) is 14.5 Å². The van der Waals surface area contributed by atoms with Crippen LogP contribution in [0.5, 0.6) is 0 Å². The molecule has 1 atom stereocenters. The van der Waals surface area contributed by atoms with Crippen LogP contribution in [-0.4, -0.2) is 62.7 Å². The van der Waals surface area contributed by atoms with E-state index in [1.807, 2.05) is 37.3 Å². The summed E-state index contributed by atoms with van der Waals surface area (Å²) in [5.74, 6) is -1.54. The minimum Gasteiger partial charge on any atom is -0.354 e. The van der Waals surface area contributed by atoms with E-state index in [0.717, 1.165) is 26.3 Å². The van der Waals surface area contributed by atoms with Crippen molar-refractivity contribution in [1.29, 1.82) is 0 Å². The normalized spacial score (nSPS) is 12.2. The van der Waals surface area contributed by atoms with E-state index in [2.05, 4.69) is 5.32 Å². The molecule has 3 aromatic carbocycles. The van der Waals surface area contributed by atoms with Crippen LogP contribution in [0, 0.1) is 5.82 Å². The van der Waals surface area contributed by atoms with Gasteiger partial charge in [-0.2, -0.15) is 12.7 Å². The molecule has 0 aliphatic carbocycles. The van der Waals surface area contributed by atoms with Crippen LogP contribution >= 0.6 is 11.6 Å². The lowest BCUT2D eigenvalue weighted by Crippen LogP contribution is -2.54. The lowest BCUT2D eigenvalue weighted by molar-refractivity contribution is -0.140.